The Morgan fingerprint density at radius 2 is 1.04 bits per heavy atom. The van der Waals surface area contributed by atoms with Crippen LogP contribution in [0.25, 0.3) is 22.3 Å². The second-order valence-electron chi connectivity index (χ2n) is 6.09. The van der Waals surface area contributed by atoms with Gasteiger partial charge < -0.3 is 5.32 Å². The summed E-state index contributed by atoms with van der Waals surface area (Å²) in [5.41, 5.74) is 6.67. The Hall–Kier alpha value is -3.03. The maximum atomic E-state index is 6.27. The molecular formula is C24H18ClN. The summed E-state index contributed by atoms with van der Waals surface area (Å²) in [6, 6.07) is 35.0. The van der Waals surface area contributed by atoms with Crippen molar-refractivity contribution in [3.05, 3.63) is 108 Å². The molecule has 0 saturated carbocycles. The first-order valence-corrected chi connectivity index (χ1v) is 8.95. The van der Waals surface area contributed by atoms with Crippen LogP contribution in [0, 0.1) is 0 Å². The molecule has 4 aromatic carbocycles. The zero-order valence-corrected chi connectivity index (χ0v) is 14.9. The van der Waals surface area contributed by atoms with Gasteiger partial charge in [0.2, 0.25) is 0 Å². The van der Waals surface area contributed by atoms with Gasteiger partial charge >= 0.3 is 0 Å². The predicted molar refractivity (Wildman–Crippen MR) is 112 cm³/mol. The van der Waals surface area contributed by atoms with Crippen LogP contribution in [0.3, 0.4) is 0 Å². The molecule has 2 heteroatoms. The molecule has 4 aromatic rings. The number of benzene rings is 4. The minimum absolute atomic E-state index is 0.728. The van der Waals surface area contributed by atoms with Crippen molar-refractivity contribution >= 4 is 23.0 Å². The lowest BCUT2D eigenvalue weighted by atomic mass is 10.0. The smallest absolute Gasteiger partial charge is 0.0465 e. The molecule has 0 saturated heterocycles. The summed E-state index contributed by atoms with van der Waals surface area (Å²) in [5, 5.41) is 4.33. The van der Waals surface area contributed by atoms with Gasteiger partial charge in [0.05, 0.1) is 0 Å². The second-order valence-corrected chi connectivity index (χ2v) is 6.53. The predicted octanol–water partition coefficient (Wildman–Crippen LogP) is 7.42. The maximum Gasteiger partial charge on any atom is 0.0465 e. The zero-order valence-electron chi connectivity index (χ0n) is 14.2. The van der Waals surface area contributed by atoms with E-state index in [9.17, 15) is 0 Å². The fraction of sp³-hybridized carbons (Fsp3) is 0. The largest absolute Gasteiger partial charge is 0.355 e. The van der Waals surface area contributed by atoms with Gasteiger partial charge in [-0.05, 0) is 35.4 Å². The SMILES string of the molecule is Clc1ccc(Nc2ccccc2-c2ccccc2)c(-c2ccccc2)c1. The Morgan fingerprint density at radius 1 is 0.500 bits per heavy atom. The average molecular weight is 356 g/mol. The molecule has 0 amide bonds. The monoisotopic (exact) mass is 355 g/mol. The molecule has 0 bridgehead atoms. The van der Waals surface area contributed by atoms with Crippen molar-refractivity contribution in [2.24, 2.45) is 0 Å². The van der Waals surface area contributed by atoms with Gasteiger partial charge in [0.15, 0.2) is 0 Å². The van der Waals surface area contributed by atoms with Crippen molar-refractivity contribution in [3.63, 3.8) is 0 Å². The van der Waals surface area contributed by atoms with E-state index in [1.54, 1.807) is 0 Å². The molecule has 0 heterocycles. The normalized spacial score (nSPS) is 10.5. The molecule has 1 nitrogen and oxygen atoms in total. The van der Waals surface area contributed by atoms with E-state index in [0.29, 0.717) is 0 Å². The average Bonchev–Trinajstić information content (AvgIpc) is 2.71. The summed E-state index contributed by atoms with van der Waals surface area (Å²) in [6.45, 7) is 0. The molecule has 0 aliphatic heterocycles. The molecular weight excluding hydrogens is 338 g/mol. The highest BCUT2D eigenvalue weighted by atomic mass is 35.5. The number of hydrogen-bond donors (Lipinski definition) is 1. The lowest BCUT2D eigenvalue weighted by Crippen LogP contribution is -1.96. The number of rotatable bonds is 4. The first-order valence-electron chi connectivity index (χ1n) is 8.58. The molecule has 0 spiro atoms. The number of anilines is 2. The maximum absolute atomic E-state index is 6.27. The first kappa shape index (κ1) is 16.4. The van der Waals surface area contributed by atoms with Crippen LogP contribution in [0.1, 0.15) is 0 Å². The minimum atomic E-state index is 0.728. The summed E-state index contributed by atoms with van der Waals surface area (Å²) >= 11 is 6.27. The lowest BCUT2D eigenvalue weighted by molar-refractivity contribution is 1.52. The highest BCUT2D eigenvalue weighted by molar-refractivity contribution is 6.31. The molecule has 0 aliphatic carbocycles. The molecule has 26 heavy (non-hydrogen) atoms. The highest BCUT2D eigenvalue weighted by Gasteiger charge is 2.09. The van der Waals surface area contributed by atoms with Crippen molar-refractivity contribution < 1.29 is 0 Å². The summed E-state index contributed by atoms with van der Waals surface area (Å²) in [7, 11) is 0. The number of nitrogens with one attached hydrogen (secondary N) is 1. The van der Waals surface area contributed by atoms with Gasteiger partial charge in [-0.15, -0.1) is 0 Å². The van der Waals surface area contributed by atoms with Gasteiger partial charge in [-0.25, -0.2) is 0 Å². The fourth-order valence-corrected chi connectivity index (χ4v) is 3.26. The molecule has 0 atom stereocenters. The second kappa shape index (κ2) is 7.47. The van der Waals surface area contributed by atoms with Gasteiger partial charge in [0.25, 0.3) is 0 Å². The third-order valence-electron chi connectivity index (χ3n) is 4.35. The van der Waals surface area contributed by atoms with Crippen molar-refractivity contribution in [2.45, 2.75) is 0 Å². The zero-order chi connectivity index (χ0) is 17.8. The van der Waals surface area contributed by atoms with E-state index in [2.05, 4.69) is 59.9 Å². The van der Waals surface area contributed by atoms with Gasteiger partial charge in [-0.3, -0.25) is 0 Å². The van der Waals surface area contributed by atoms with Crippen LogP contribution in [0.2, 0.25) is 5.02 Å². The number of halogens is 1. The van der Waals surface area contributed by atoms with Crippen LogP contribution in [0.4, 0.5) is 11.4 Å². The van der Waals surface area contributed by atoms with E-state index in [-0.39, 0.29) is 0 Å². The van der Waals surface area contributed by atoms with Crippen molar-refractivity contribution in [1.82, 2.24) is 0 Å². The number of hydrogen-bond acceptors (Lipinski definition) is 1. The van der Waals surface area contributed by atoms with Crippen LogP contribution in [0.5, 0.6) is 0 Å². The Bertz CT molecular complexity index is 1010. The van der Waals surface area contributed by atoms with E-state index in [1.165, 1.54) is 11.1 Å². The van der Waals surface area contributed by atoms with Gasteiger partial charge in [-0.1, -0.05) is 90.5 Å². The molecule has 0 aliphatic rings. The van der Waals surface area contributed by atoms with Crippen molar-refractivity contribution in [2.75, 3.05) is 5.32 Å². The molecule has 0 unspecified atom stereocenters. The van der Waals surface area contributed by atoms with E-state index >= 15 is 0 Å². The molecule has 0 aromatic heterocycles. The number of para-hydroxylation sites is 1. The molecule has 0 fully saturated rings. The summed E-state index contributed by atoms with van der Waals surface area (Å²) in [5.74, 6) is 0. The first-order chi connectivity index (χ1) is 12.8. The lowest BCUT2D eigenvalue weighted by Gasteiger charge is -2.16. The van der Waals surface area contributed by atoms with Crippen LogP contribution in [-0.4, -0.2) is 0 Å². The van der Waals surface area contributed by atoms with E-state index < -0.39 is 0 Å². The van der Waals surface area contributed by atoms with Gasteiger partial charge in [0.1, 0.15) is 0 Å². The van der Waals surface area contributed by atoms with Crippen LogP contribution >= 0.6 is 11.6 Å². The van der Waals surface area contributed by atoms with Crippen LogP contribution < -0.4 is 5.32 Å². The third-order valence-corrected chi connectivity index (χ3v) is 4.58. The molecule has 126 valence electrons. The molecule has 4 rings (SSSR count). The highest BCUT2D eigenvalue weighted by Crippen LogP contribution is 2.36. The van der Waals surface area contributed by atoms with Crippen LogP contribution in [0.15, 0.2) is 103 Å². The summed E-state index contributed by atoms with van der Waals surface area (Å²) < 4.78 is 0. The van der Waals surface area contributed by atoms with E-state index in [1.807, 2.05) is 48.5 Å². The third kappa shape index (κ3) is 3.49. The molecule has 1 N–H and O–H groups in total. The topological polar surface area (TPSA) is 12.0 Å². The van der Waals surface area contributed by atoms with E-state index in [4.69, 9.17) is 11.6 Å². The Kier molecular flexibility index (Phi) is 4.72. The molecule has 0 radical (unpaired) electrons. The van der Waals surface area contributed by atoms with Crippen molar-refractivity contribution in [1.29, 1.82) is 0 Å². The minimum Gasteiger partial charge on any atom is -0.355 e. The summed E-state index contributed by atoms with van der Waals surface area (Å²) in [4.78, 5) is 0. The van der Waals surface area contributed by atoms with Gasteiger partial charge in [0, 0.05) is 27.5 Å². The fourth-order valence-electron chi connectivity index (χ4n) is 3.09. The standard InChI is InChI=1S/C24H18ClN/c25-20-15-16-24(22(17-20)19-11-5-2-6-12-19)26-23-14-8-7-13-21(23)18-9-3-1-4-10-18/h1-17,26H. The Morgan fingerprint density at radius 3 is 1.73 bits per heavy atom. The van der Waals surface area contributed by atoms with Crippen LogP contribution in [-0.2, 0) is 0 Å². The van der Waals surface area contributed by atoms with Gasteiger partial charge in [-0.2, -0.15) is 0 Å². The Labute approximate surface area is 158 Å². The quantitative estimate of drug-likeness (QED) is 0.401. The summed E-state index contributed by atoms with van der Waals surface area (Å²) in [6.07, 6.45) is 0. The van der Waals surface area contributed by atoms with Crippen molar-refractivity contribution in [3.8, 4) is 22.3 Å². The Balaban J connectivity index is 1.78. The van der Waals surface area contributed by atoms with E-state index in [0.717, 1.165) is 27.5 Å².